The summed E-state index contributed by atoms with van der Waals surface area (Å²) in [5.74, 6) is -0.181. The van der Waals surface area contributed by atoms with Crippen molar-refractivity contribution in [2.75, 3.05) is 14.2 Å². The van der Waals surface area contributed by atoms with E-state index in [1.165, 1.54) is 14.0 Å². The first-order valence-corrected chi connectivity index (χ1v) is 8.33. The molecule has 0 radical (unpaired) electrons. The minimum absolute atomic E-state index is 0.271. The molecule has 5 heteroatoms. The van der Waals surface area contributed by atoms with Gasteiger partial charge in [0.1, 0.15) is 5.75 Å². The Morgan fingerprint density at radius 3 is 2.23 bits per heavy atom. The van der Waals surface area contributed by atoms with Crippen molar-refractivity contribution in [3.63, 3.8) is 0 Å². The van der Waals surface area contributed by atoms with Crippen molar-refractivity contribution in [2.45, 2.75) is 19.8 Å². The van der Waals surface area contributed by atoms with E-state index in [0.29, 0.717) is 35.4 Å². The predicted molar refractivity (Wildman–Crippen MR) is 101 cm³/mol. The number of methoxy groups -OCH3 is 2. The fourth-order valence-electron chi connectivity index (χ4n) is 2.70. The van der Waals surface area contributed by atoms with Gasteiger partial charge in [0.2, 0.25) is 5.91 Å². The molecular formula is C21H23NO4. The van der Waals surface area contributed by atoms with E-state index in [4.69, 9.17) is 9.47 Å². The number of rotatable bonds is 7. The maximum Gasteiger partial charge on any atom is 0.335 e. The molecule has 0 bridgehead atoms. The number of esters is 1. The standard InChI is InChI=1S/C21H23NO4/c1-15(23)22-20(17-11-7-8-12-19(17)25-2)18(21(24)26-3)14-13-16-9-5-4-6-10-16/h4-12H,13-14H2,1-3H3,(H,22,23)/b20-18-. The summed E-state index contributed by atoms with van der Waals surface area (Å²) < 4.78 is 10.4. The molecule has 0 unspecified atom stereocenters. The van der Waals surface area contributed by atoms with Gasteiger partial charge in [-0.05, 0) is 30.5 Å². The van der Waals surface area contributed by atoms with E-state index in [9.17, 15) is 9.59 Å². The minimum Gasteiger partial charge on any atom is -0.496 e. The van der Waals surface area contributed by atoms with Gasteiger partial charge < -0.3 is 14.8 Å². The lowest BCUT2D eigenvalue weighted by Crippen LogP contribution is -2.23. The molecule has 2 rings (SSSR count). The first-order chi connectivity index (χ1) is 12.6. The summed E-state index contributed by atoms with van der Waals surface area (Å²) in [4.78, 5) is 24.2. The third-order valence-electron chi connectivity index (χ3n) is 3.92. The van der Waals surface area contributed by atoms with Gasteiger partial charge in [-0.15, -0.1) is 0 Å². The Kier molecular flexibility index (Phi) is 6.97. The number of benzene rings is 2. The molecule has 0 aliphatic rings. The first-order valence-electron chi connectivity index (χ1n) is 8.33. The van der Waals surface area contributed by atoms with Crippen LogP contribution in [0.2, 0.25) is 0 Å². The van der Waals surface area contributed by atoms with E-state index in [2.05, 4.69) is 5.32 Å². The quantitative estimate of drug-likeness (QED) is 0.612. The fourth-order valence-corrected chi connectivity index (χ4v) is 2.70. The van der Waals surface area contributed by atoms with Crippen molar-refractivity contribution in [3.05, 3.63) is 71.3 Å². The molecule has 0 atom stereocenters. The Bertz CT molecular complexity index is 797. The van der Waals surface area contributed by atoms with Crippen LogP contribution < -0.4 is 10.1 Å². The van der Waals surface area contributed by atoms with Gasteiger partial charge in [-0.25, -0.2) is 4.79 Å². The third kappa shape index (κ3) is 4.96. The molecule has 0 saturated heterocycles. The van der Waals surface area contributed by atoms with Crippen molar-refractivity contribution in [1.29, 1.82) is 0 Å². The highest BCUT2D eigenvalue weighted by atomic mass is 16.5. The Morgan fingerprint density at radius 2 is 1.62 bits per heavy atom. The summed E-state index contributed by atoms with van der Waals surface area (Å²) in [7, 11) is 2.88. The maximum atomic E-state index is 12.5. The summed E-state index contributed by atoms with van der Waals surface area (Å²) >= 11 is 0. The van der Waals surface area contributed by atoms with Crippen molar-refractivity contribution >= 4 is 17.6 Å². The van der Waals surface area contributed by atoms with E-state index in [0.717, 1.165) is 5.56 Å². The largest absolute Gasteiger partial charge is 0.496 e. The summed E-state index contributed by atoms with van der Waals surface area (Å²) in [5, 5.41) is 2.78. The van der Waals surface area contributed by atoms with Crippen molar-refractivity contribution in [3.8, 4) is 5.75 Å². The average molecular weight is 353 g/mol. The van der Waals surface area contributed by atoms with Gasteiger partial charge in [0.15, 0.2) is 0 Å². The Hall–Kier alpha value is -3.08. The van der Waals surface area contributed by atoms with Crippen molar-refractivity contribution < 1.29 is 19.1 Å². The van der Waals surface area contributed by atoms with Crippen LogP contribution in [0.25, 0.3) is 5.70 Å². The number of ether oxygens (including phenoxy) is 2. The molecule has 0 fully saturated rings. The van der Waals surface area contributed by atoms with Crippen LogP contribution in [0.15, 0.2) is 60.2 Å². The van der Waals surface area contributed by atoms with E-state index in [1.807, 2.05) is 42.5 Å². The molecule has 1 amide bonds. The van der Waals surface area contributed by atoms with E-state index >= 15 is 0 Å². The number of carbonyl (C=O) groups is 2. The number of para-hydroxylation sites is 1. The zero-order valence-electron chi connectivity index (χ0n) is 15.2. The van der Waals surface area contributed by atoms with Gasteiger partial charge in [-0.2, -0.15) is 0 Å². The van der Waals surface area contributed by atoms with Crippen molar-refractivity contribution in [2.24, 2.45) is 0 Å². The van der Waals surface area contributed by atoms with Gasteiger partial charge in [0.05, 0.1) is 25.5 Å². The van der Waals surface area contributed by atoms with E-state index < -0.39 is 5.97 Å². The topological polar surface area (TPSA) is 64.6 Å². The Balaban J connectivity index is 2.51. The van der Waals surface area contributed by atoms with Gasteiger partial charge in [-0.1, -0.05) is 42.5 Å². The van der Waals surface area contributed by atoms with Crippen LogP contribution >= 0.6 is 0 Å². The molecule has 0 aliphatic heterocycles. The number of hydrogen-bond acceptors (Lipinski definition) is 4. The highest BCUT2D eigenvalue weighted by molar-refractivity contribution is 6.01. The molecule has 136 valence electrons. The van der Waals surface area contributed by atoms with Gasteiger partial charge in [-0.3, -0.25) is 4.79 Å². The smallest absolute Gasteiger partial charge is 0.335 e. The minimum atomic E-state index is -0.476. The molecule has 2 aromatic rings. The molecule has 0 aromatic heterocycles. The van der Waals surface area contributed by atoms with Crippen LogP contribution in [0.3, 0.4) is 0 Å². The molecule has 5 nitrogen and oxygen atoms in total. The summed E-state index contributed by atoms with van der Waals surface area (Å²) in [6.45, 7) is 1.40. The number of amides is 1. The number of aryl methyl sites for hydroxylation is 1. The normalized spacial score (nSPS) is 11.3. The lowest BCUT2D eigenvalue weighted by Gasteiger charge is -2.17. The SMILES string of the molecule is COC(=O)/C(CCc1ccccc1)=C(\NC(C)=O)c1ccccc1OC. The zero-order chi connectivity index (χ0) is 18.9. The van der Waals surface area contributed by atoms with Crippen LogP contribution in [-0.4, -0.2) is 26.1 Å². The second-order valence-electron chi connectivity index (χ2n) is 5.71. The Morgan fingerprint density at radius 1 is 0.962 bits per heavy atom. The van der Waals surface area contributed by atoms with Crippen LogP contribution in [0.5, 0.6) is 5.75 Å². The number of nitrogens with one attached hydrogen (secondary N) is 1. The maximum absolute atomic E-state index is 12.5. The molecule has 1 N–H and O–H groups in total. The van der Waals surface area contributed by atoms with Gasteiger partial charge in [0.25, 0.3) is 0 Å². The fraction of sp³-hybridized carbons (Fsp3) is 0.238. The lowest BCUT2D eigenvalue weighted by atomic mass is 9.98. The van der Waals surface area contributed by atoms with E-state index in [1.54, 1.807) is 19.2 Å². The second kappa shape index (κ2) is 9.42. The van der Waals surface area contributed by atoms with Gasteiger partial charge in [0, 0.05) is 12.5 Å². The van der Waals surface area contributed by atoms with Crippen LogP contribution in [0.1, 0.15) is 24.5 Å². The number of carbonyl (C=O) groups excluding carboxylic acids is 2. The second-order valence-corrected chi connectivity index (χ2v) is 5.71. The van der Waals surface area contributed by atoms with Crippen LogP contribution in [0, 0.1) is 0 Å². The van der Waals surface area contributed by atoms with Crippen molar-refractivity contribution in [1.82, 2.24) is 5.32 Å². The average Bonchev–Trinajstić information content (AvgIpc) is 2.67. The first kappa shape index (κ1) is 19.2. The molecule has 26 heavy (non-hydrogen) atoms. The molecule has 0 saturated carbocycles. The van der Waals surface area contributed by atoms with E-state index in [-0.39, 0.29) is 5.91 Å². The summed E-state index contributed by atoms with van der Waals surface area (Å²) in [6, 6.07) is 17.1. The van der Waals surface area contributed by atoms with Crippen LogP contribution in [0.4, 0.5) is 0 Å². The van der Waals surface area contributed by atoms with Crippen LogP contribution in [-0.2, 0) is 20.7 Å². The molecule has 0 aliphatic carbocycles. The highest BCUT2D eigenvalue weighted by Gasteiger charge is 2.21. The molecule has 0 spiro atoms. The Labute approximate surface area is 153 Å². The zero-order valence-corrected chi connectivity index (χ0v) is 15.2. The summed E-state index contributed by atoms with van der Waals surface area (Å²) in [6.07, 6.45) is 1.06. The molecule has 2 aromatic carbocycles. The predicted octanol–water partition coefficient (Wildman–Crippen LogP) is 3.35. The highest BCUT2D eigenvalue weighted by Crippen LogP contribution is 2.28. The summed E-state index contributed by atoms with van der Waals surface area (Å²) in [5.41, 5.74) is 2.54. The molecular weight excluding hydrogens is 330 g/mol. The monoisotopic (exact) mass is 353 g/mol. The van der Waals surface area contributed by atoms with Gasteiger partial charge >= 0.3 is 5.97 Å². The lowest BCUT2D eigenvalue weighted by molar-refractivity contribution is -0.136. The third-order valence-corrected chi connectivity index (χ3v) is 3.92. The molecule has 0 heterocycles. The number of hydrogen-bond donors (Lipinski definition) is 1.